The van der Waals surface area contributed by atoms with Crippen LogP contribution in [0.1, 0.15) is 26.3 Å². The Balaban J connectivity index is 1.31. The van der Waals surface area contributed by atoms with Crippen LogP contribution < -0.4 is 8.32 Å². The summed E-state index contributed by atoms with van der Waals surface area (Å²) in [6.45, 7) is 6.77. The third kappa shape index (κ3) is 4.99. The minimum absolute atomic E-state index is 0.108. The number of benzene rings is 5. The summed E-state index contributed by atoms with van der Waals surface area (Å²) in [7, 11) is 0. The maximum atomic E-state index is 5.29. The first kappa shape index (κ1) is 30.0. The van der Waals surface area contributed by atoms with Crippen LogP contribution in [0.2, 0.25) is 0 Å². The number of nitrogens with one attached hydrogen (secondary N) is 2. The van der Waals surface area contributed by atoms with E-state index in [1.807, 2.05) is 36.4 Å². The first-order chi connectivity index (χ1) is 24.9. The molecule has 2 aliphatic rings. The van der Waals surface area contributed by atoms with Gasteiger partial charge in [-0.25, -0.2) is 0 Å². The van der Waals surface area contributed by atoms with E-state index in [4.69, 9.17) is 29.9 Å². The van der Waals surface area contributed by atoms with Crippen LogP contribution in [0, 0.1) is 0 Å². The standard InChI is InChI=1S/C32H17N8.C10H13.Zn/c1-2-10-18-17(9-1)25-33-26(18)38-28-21-13-5-6-14-22(21)30(35-28)40-32-24-16-8-7-15-23(24)31(36-32)39-29-20-12-4-3-11-19(20)27(34-29)37-25;1-10(2,3)9-7-5-4-6-8-9;/h1-15H,(H2,33,34,35,36,37,38,39,40);5-8H,1-3H3;. The molecule has 2 aliphatic heterocycles. The summed E-state index contributed by atoms with van der Waals surface area (Å²) in [5.41, 5.74) is 8.02. The molecule has 8 bridgehead atoms. The van der Waals surface area contributed by atoms with Crippen molar-refractivity contribution in [1.82, 2.24) is 39.9 Å². The van der Waals surface area contributed by atoms with Gasteiger partial charge in [-0.3, -0.25) is 0 Å². The van der Waals surface area contributed by atoms with Gasteiger partial charge in [0.25, 0.3) is 0 Å². The van der Waals surface area contributed by atoms with Crippen molar-refractivity contribution in [2.24, 2.45) is 0 Å². The topological polar surface area (TPSA) is 109 Å². The Morgan fingerprint density at radius 1 is 0.431 bits per heavy atom. The summed E-state index contributed by atoms with van der Waals surface area (Å²) in [4.78, 5) is 38.0. The van der Waals surface area contributed by atoms with Crippen LogP contribution in [0.15, 0.2) is 115 Å². The molecule has 8 aromatic rings. The Bertz CT molecular complexity index is 2880. The zero-order chi connectivity index (χ0) is 34.3. The molecule has 0 unspecified atom stereocenters. The summed E-state index contributed by atoms with van der Waals surface area (Å²) >= 11 is -1.46. The van der Waals surface area contributed by atoms with Crippen molar-refractivity contribution in [2.45, 2.75) is 26.2 Å². The monoisotopic (exact) mass is 710 g/mol. The number of fused-ring (bicyclic) bond motifs is 20. The average Bonchev–Trinajstić information content (AvgIpc) is 3.87. The summed E-state index contributed by atoms with van der Waals surface area (Å²) in [5, 5.41) is 4.01. The predicted octanol–water partition coefficient (Wildman–Crippen LogP) is 8.20. The van der Waals surface area contributed by atoms with Gasteiger partial charge in [0.05, 0.1) is 0 Å². The van der Waals surface area contributed by atoms with E-state index in [-0.39, 0.29) is 5.41 Å². The molecule has 3 aromatic heterocycles. The van der Waals surface area contributed by atoms with Gasteiger partial charge in [0.1, 0.15) is 0 Å². The molecule has 0 saturated heterocycles. The van der Waals surface area contributed by atoms with Crippen molar-refractivity contribution < 1.29 is 17.1 Å². The third-order valence-corrected chi connectivity index (χ3v) is 13.8. The maximum absolute atomic E-state index is 5.29. The van der Waals surface area contributed by atoms with Crippen LogP contribution in [0.25, 0.3) is 89.7 Å². The molecule has 0 fully saturated rings. The number of rotatable bonds is 2. The molecule has 5 heterocycles. The summed E-state index contributed by atoms with van der Waals surface area (Å²) in [5.74, 6) is 2.43. The Morgan fingerprint density at radius 2 is 0.863 bits per heavy atom. The second-order valence-electron chi connectivity index (χ2n) is 14.2. The van der Waals surface area contributed by atoms with Crippen molar-refractivity contribution in [3.63, 3.8) is 0 Å². The molecule has 10 rings (SSSR count). The first-order valence-corrected chi connectivity index (χ1v) is 20.2. The van der Waals surface area contributed by atoms with Gasteiger partial charge in [0, 0.05) is 0 Å². The SMILES string of the molecule is CC(C)(C)c1cc[c]([Zn][c]2cccc3c4nc5nc(nc6[nH]c(nc7nc(nc([nH]4)c23)-c2ccccc2-7)c2ccccc62)-c2ccccc2-5)cc1. The number of aromatic amines is 2. The Morgan fingerprint density at radius 3 is 1.37 bits per heavy atom. The van der Waals surface area contributed by atoms with Crippen molar-refractivity contribution in [1.29, 1.82) is 0 Å². The van der Waals surface area contributed by atoms with Gasteiger partial charge in [-0.15, -0.1) is 0 Å². The molecule has 0 amide bonds. The van der Waals surface area contributed by atoms with Crippen molar-refractivity contribution >= 4 is 52.4 Å². The summed E-state index contributed by atoms with van der Waals surface area (Å²) < 4.78 is 2.75. The van der Waals surface area contributed by atoms with E-state index >= 15 is 0 Å². The number of nitrogens with zero attached hydrogens (tertiary/aromatic N) is 6. The van der Waals surface area contributed by atoms with Crippen molar-refractivity contribution in [3.05, 3.63) is 121 Å². The molecule has 2 N–H and O–H groups in total. The summed E-state index contributed by atoms with van der Waals surface area (Å²) in [6, 6.07) is 40.2. The first-order valence-electron chi connectivity index (χ1n) is 17.2. The van der Waals surface area contributed by atoms with E-state index in [2.05, 4.69) is 110 Å². The van der Waals surface area contributed by atoms with Gasteiger partial charge < -0.3 is 0 Å². The quantitative estimate of drug-likeness (QED) is 0.175. The molecule has 5 aromatic carbocycles. The predicted molar refractivity (Wildman–Crippen MR) is 200 cm³/mol. The van der Waals surface area contributed by atoms with E-state index in [1.165, 1.54) is 13.9 Å². The van der Waals surface area contributed by atoms with Gasteiger partial charge in [-0.2, -0.15) is 0 Å². The molecule has 0 aliphatic carbocycles. The van der Waals surface area contributed by atoms with E-state index in [0.717, 1.165) is 49.4 Å². The second kappa shape index (κ2) is 11.3. The molecular weight excluding hydrogens is 682 g/mol. The van der Waals surface area contributed by atoms with Gasteiger partial charge in [0.15, 0.2) is 0 Å². The van der Waals surface area contributed by atoms with Gasteiger partial charge in [-0.05, 0) is 0 Å². The Hall–Kier alpha value is -5.92. The molecule has 0 atom stereocenters. The Kier molecular flexibility index (Phi) is 6.64. The number of aromatic nitrogens is 8. The molecule has 8 nitrogen and oxygen atoms in total. The zero-order valence-corrected chi connectivity index (χ0v) is 31.3. The van der Waals surface area contributed by atoms with Crippen LogP contribution >= 0.6 is 0 Å². The summed E-state index contributed by atoms with van der Waals surface area (Å²) in [6.07, 6.45) is 0. The van der Waals surface area contributed by atoms with E-state index in [9.17, 15) is 0 Å². The van der Waals surface area contributed by atoms with Crippen molar-refractivity contribution in [2.75, 3.05) is 0 Å². The van der Waals surface area contributed by atoms with Crippen LogP contribution in [0.3, 0.4) is 0 Å². The van der Waals surface area contributed by atoms with Gasteiger partial charge in [-0.1, -0.05) is 6.07 Å². The molecule has 0 spiro atoms. The van der Waals surface area contributed by atoms with Crippen LogP contribution in [-0.4, -0.2) is 39.9 Å². The number of H-pyrrole nitrogens is 2. The van der Waals surface area contributed by atoms with Crippen LogP contribution in [0.5, 0.6) is 0 Å². The molecule has 240 valence electrons. The molecule has 9 heteroatoms. The molecular formula is C42H30N8Zn. The zero-order valence-electron chi connectivity index (χ0n) is 28.4. The third-order valence-electron chi connectivity index (χ3n) is 9.88. The van der Waals surface area contributed by atoms with Crippen LogP contribution in [0.4, 0.5) is 0 Å². The fourth-order valence-corrected chi connectivity index (χ4v) is 10.8. The number of hydrogen-bond acceptors (Lipinski definition) is 6. The van der Waals surface area contributed by atoms with E-state index in [1.54, 1.807) is 0 Å². The van der Waals surface area contributed by atoms with Crippen LogP contribution in [-0.2, 0) is 22.5 Å². The second-order valence-corrected chi connectivity index (χ2v) is 18.3. The van der Waals surface area contributed by atoms with E-state index in [0.29, 0.717) is 40.2 Å². The molecule has 0 radical (unpaired) electrons. The normalized spacial score (nSPS) is 12.1. The van der Waals surface area contributed by atoms with Gasteiger partial charge in [0.2, 0.25) is 0 Å². The number of hydrogen-bond donors (Lipinski definition) is 2. The fourth-order valence-electron chi connectivity index (χ4n) is 7.25. The average molecular weight is 712 g/mol. The minimum atomic E-state index is -1.46. The van der Waals surface area contributed by atoms with Crippen molar-refractivity contribution in [3.8, 4) is 45.6 Å². The van der Waals surface area contributed by atoms with E-state index < -0.39 is 17.1 Å². The molecule has 0 saturated carbocycles. The molecule has 51 heavy (non-hydrogen) atoms. The fraction of sp³-hybridized carbons (Fsp3) is 0.0952. The van der Waals surface area contributed by atoms with Gasteiger partial charge >= 0.3 is 296 Å². The Labute approximate surface area is 300 Å².